The topological polar surface area (TPSA) is 39.1 Å². The van der Waals surface area contributed by atoms with Gasteiger partial charge in [0.1, 0.15) is 0 Å². The lowest BCUT2D eigenvalue weighted by molar-refractivity contribution is 0.147. The van der Waals surface area contributed by atoms with Crippen LogP contribution in [0.25, 0.3) is 0 Å². The lowest BCUT2D eigenvalue weighted by Gasteiger charge is -2.18. The van der Waals surface area contributed by atoms with E-state index in [1.807, 2.05) is 7.05 Å². The van der Waals surface area contributed by atoms with Gasteiger partial charge in [-0.1, -0.05) is 13.8 Å². The van der Waals surface area contributed by atoms with Gasteiger partial charge in [0.15, 0.2) is 0 Å². The SMILES string of the molecule is CCc1cc(CC)n(C(CNC)COC)n1. The van der Waals surface area contributed by atoms with Gasteiger partial charge in [-0.3, -0.25) is 4.68 Å². The summed E-state index contributed by atoms with van der Waals surface area (Å²) in [5.41, 5.74) is 2.45. The quantitative estimate of drug-likeness (QED) is 0.762. The summed E-state index contributed by atoms with van der Waals surface area (Å²) in [6.45, 7) is 5.87. The van der Waals surface area contributed by atoms with Crippen molar-refractivity contribution in [2.75, 3.05) is 27.3 Å². The summed E-state index contributed by atoms with van der Waals surface area (Å²) in [5.74, 6) is 0. The highest BCUT2D eigenvalue weighted by atomic mass is 16.5. The zero-order valence-corrected chi connectivity index (χ0v) is 10.8. The Hall–Kier alpha value is -0.870. The molecular formula is C12H23N3O. The molecule has 1 heterocycles. The number of ether oxygens (including phenoxy) is 1. The van der Waals surface area contributed by atoms with Crippen molar-refractivity contribution in [3.63, 3.8) is 0 Å². The maximum Gasteiger partial charge on any atom is 0.0879 e. The lowest BCUT2D eigenvalue weighted by atomic mass is 10.2. The predicted molar refractivity (Wildman–Crippen MR) is 65.8 cm³/mol. The fourth-order valence-corrected chi connectivity index (χ4v) is 1.89. The van der Waals surface area contributed by atoms with Gasteiger partial charge >= 0.3 is 0 Å². The maximum absolute atomic E-state index is 5.25. The molecule has 0 saturated heterocycles. The first-order valence-electron chi connectivity index (χ1n) is 5.97. The molecule has 1 aromatic rings. The second kappa shape index (κ2) is 6.66. The molecule has 1 rings (SSSR count). The van der Waals surface area contributed by atoms with Crippen LogP contribution in [-0.4, -0.2) is 37.1 Å². The highest BCUT2D eigenvalue weighted by Crippen LogP contribution is 2.13. The zero-order chi connectivity index (χ0) is 12.0. The molecule has 0 radical (unpaired) electrons. The van der Waals surface area contributed by atoms with E-state index in [4.69, 9.17) is 4.74 Å². The third-order valence-electron chi connectivity index (χ3n) is 2.73. The molecule has 0 aliphatic heterocycles. The summed E-state index contributed by atoms with van der Waals surface area (Å²) in [7, 11) is 3.69. The van der Waals surface area contributed by atoms with Crippen LogP contribution in [-0.2, 0) is 17.6 Å². The van der Waals surface area contributed by atoms with Crippen LogP contribution in [0, 0.1) is 0 Å². The molecule has 0 spiro atoms. The van der Waals surface area contributed by atoms with Gasteiger partial charge < -0.3 is 10.1 Å². The summed E-state index contributed by atoms with van der Waals surface area (Å²) in [4.78, 5) is 0. The van der Waals surface area contributed by atoms with Gasteiger partial charge in [0.2, 0.25) is 0 Å². The second-order valence-electron chi connectivity index (χ2n) is 3.95. The molecule has 92 valence electrons. The number of nitrogens with zero attached hydrogens (tertiary/aromatic N) is 2. The van der Waals surface area contributed by atoms with Gasteiger partial charge in [0.05, 0.1) is 18.3 Å². The molecule has 0 aliphatic carbocycles. The fraction of sp³-hybridized carbons (Fsp3) is 0.750. The van der Waals surface area contributed by atoms with E-state index in [1.54, 1.807) is 7.11 Å². The second-order valence-corrected chi connectivity index (χ2v) is 3.95. The van der Waals surface area contributed by atoms with E-state index in [0.717, 1.165) is 25.1 Å². The van der Waals surface area contributed by atoms with E-state index in [0.29, 0.717) is 6.61 Å². The summed E-state index contributed by atoms with van der Waals surface area (Å²) in [6, 6.07) is 2.48. The molecule has 0 aromatic carbocycles. The first-order valence-corrected chi connectivity index (χ1v) is 5.97. The van der Waals surface area contributed by atoms with Crippen LogP contribution in [0.1, 0.15) is 31.3 Å². The van der Waals surface area contributed by atoms with Crippen LogP contribution in [0.4, 0.5) is 0 Å². The number of nitrogens with one attached hydrogen (secondary N) is 1. The van der Waals surface area contributed by atoms with Gasteiger partial charge in [0.25, 0.3) is 0 Å². The van der Waals surface area contributed by atoms with E-state index >= 15 is 0 Å². The van der Waals surface area contributed by atoms with Gasteiger partial charge in [-0.05, 0) is 26.0 Å². The minimum Gasteiger partial charge on any atom is -0.382 e. The average molecular weight is 225 g/mol. The van der Waals surface area contributed by atoms with E-state index in [-0.39, 0.29) is 6.04 Å². The van der Waals surface area contributed by atoms with Gasteiger partial charge in [-0.2, -0.15) is 5.10 Å². The van der Waals surface area contributed by atoms with E-state index in [1.165, 1.54) is 5.69 Å². The minimum atomic E-state index is 0.283. The monoisotopic (exact) mass is 225 g/mol. The molecule has 4 heteroatoms. The first kappa shape index (κ1) is 13.2. The number of hydrogen-bond acceptors (Lipinski definition) is 3. The third-order valence-corrected chi connectivity index (χ3v) is 2.73. The molecule has 0 fully saturated rings. The molecule has 1 aromatic heterocycles. The number of aromatic nitrogens is 2. The zero-order valence-electron chi connectivity index (χ0n) is 10.8. The number of rotatable bonds is 7. The molecule has 1 unspecified atom stereocenters. The lowest BCUT2D eigenvalue weighted by Crippen LogP contribution is -2.28. The van der Waals surface area contributed by atoms with Crippen molar-refractivity contribution < 1.29 is 4.74 Å². The minimum absolute atomic E-state index is 0.283. The van der Waals surface area contributed by atoms with Crippen molar-refractivity contribution in [2.24, 2.45) is 0 Å². The van der Waals surface area contributed by atoms with Crippen LogP contribution in [0.2, 0.25) is 0 Å². The van der Waals surface area contributed by atoms with E-state index < -0.39 is 0 Å². The molecule has 1 atom stereocenters. The summed E-state index contributed by atoms with van der Waals surface area (Å²) < 4.78 is 7.36. The fourth-order valence-electron chi connectivity index (χ4n) is 1.89. The Labute approximate surface area is 98.0 Å². The number of likely N-dealkylation sites (N-methyl/N-ethyl adjacent to an activating group) is 1. The molecule has 16 heavy (non-hydrogen) atoms. The van der Waals surface area contributed by atoms with Crippen LogP contribution in [0.3, 0.4) is 0 Å². The van der Waals surface area contributed by atoms with Crippen molar-refractivity contribution in [1.29, 1.82) is 0 Å². The summed E-state index contributed by atoms with van der Waals surface area (Å²) in [6.07, 6.45) is 2.00. The normalized spacial score (nSPS) is 13.0. The highest BCUT2D eigenvalue weighted by molar-refractivity contribution is 5.11. The average Bonchev–Trinajstić information content (AvgIpc) is 2.72. The molecule has 0 aliphatic rings. The van der Waals surface area contributed by atoms with Crippen LogP contribution >= 0.6 is 0 Å². The Morgan fingerprint density at radius 1 is 1.44 bits per heavy atom. The predicted octanol–water partition coefficient (Wildman–Crippen LogP) is 1.41. The van der Waals surface area contributed by atoms with Crippen molar-refractivity contribution in [1.82, 2.24) is 15.1 Å². The van der Waals surface area contributed by atoms with Gasteiger partial charge in [0, 0.05) is 19.3 Å². The molecule has 0 saturated carbocycles. The van der Waals surface area contributed by atoms with Crippen molar-refractivity contribution in [2.45, 2.75) is 32.7 Å². The Bertz CT molecular complexity index is 303. The van der Waals surface area contributed by atoms with E-state index in [2.05, 4.69) is 35.0 Å². The molecule has 4 nitrogen and oxygen atoms in total. The highest BCUT2D eigenvalue weighted by Gasteiger charge is 2.15. The van der Waals surface area contributed by atoms with Crippen molar-refractivity contribution in [3.05, 3.63) is 17.5 Å². The van der Waals surface area contributed by atoms with Crippen molar-refractivity contribution in [3.8, 4) is 0 Å². The van der Waals surface area contributed by atoms with Crippen LogP contribution in [0.5, 0.6) is 0 Å². The third kappa shape index (κ3) is 3.06. The van der Waals surface area contributed by atoms with Crippen molar-refractivity contribution >= 4 is 0 Å². The maximum atomic E-state index is 5.25. The molecule has 0 bridgehead atoms. The first-order chi connectivity index (χ1) is 7.76. The van der Waals surface area contributed by atoms with E-state index in [9.17, 15) is 0 Å². The summed E-state index contributed by atoms with van der Waals surface area (Å²) in [5, 5.41) is 7.82. The Kier molecular flexibility index (Phi) is 5.49. The summed E-state index contributed by atoms with van der Waals surface area (Å²) >= 11 is 0. The smallest absolute Gasteiger partial charge is 0.0879 e. The Balaban J connectivity index is 2.91. The van der Waals surface area contributed by atoms with Gasteiger partial charge in [-0.25, -0.2) is 0 Å². The molecule has 1 N–H and O–H groups in total. The van der Waals surface area contributed by atoms with Crippen LogP contribution in [0.15, 0.2) is 6.07 Å². The molecule has 0 amide bonds. The number of hydrogen-bond donors (Lipinski definition) is 1. The molecular weight excluding hydrogens is 202 g/mol. The Morgan fingerprint density at radius 2 is 2.19 bits per heavy atom. The number of methoxy groups -OCH3 is 1. The number of aryl methyl sites for hydroxylation is 2. The van der Waals surface area contributed by atoms with Gasteiger partial charge in [-0.15, -0.1) is 0 Å². The van der Waals surface area contributed by atoms with Crippen LogP contribution < -0.4 is 5.32 Å². The largest absolute Gasteiger partial charge is 0.382 e. The Morgan fingerprint density at radius 3 is 2.69 bits per heavy atom. The standard InChI is InChI=1S/C12H23N3O/c1-5-10-7-11(6-2)15(14-10)12(8-13-3)9-16-4/h7,12-13H,5-6,8-9H2,1-4H3.